The minimum absolute atomic E-state index is 0.290. The molecule has 0 saturated carbocycles. The van der Waals surface area contributed by atoms with Crippen molar-refractivity contribution in [3.8, 4) is 0 Å². The Hall–Kier alpha value is -3.06. The van der Waals surface area contributed by atoms with E-state index in [-0.39, 0.29) is 5.69 Å². The van der Waals surface area contributed by atoms with Crippen molar-refractivity contribution >= 4 is 33.8 Å². The highest BCUT2D eigenvalue weighted by Crippen LogP contribution is 2.26. The van der Waals surface area contributed by atoms with E-state index in [1.807, 2.05) is 30.3 Å². The van der Waals surface area contributed by atoms with Crippen molar-refractivity contribution in [3.05, 3.63) is 81.9 Å². The normalized spacial score (nSPS) is 11.0. The Morgan fingerprint density at radius 1 is 1.15 bits per heavy atom. The molecule has 2 aromatic carbocycles. The number of nitrogens with one attached hydrogen (secondary N) is 2. The maximum Gasteiger partial charge on any atom is 0.275 e. The molecule has 2 heterocycles. The van der Waals surface area contributed by atoms with Crippen LogP contribution in [0.2, 0.25) is 0 Å². The van der Waals surface area contributed by atoms with Crippen molar-refractivity contribution in [2.24, 2.45) is 0 Å². The average Bonchev–Trinajstić information content (AvgIpc) is 3.24. The lowest BCUT2D eigenvalue weighted by atomic mass is 10.2. The number of hydrogen-bond acceptors (Lipinski definition) is 3. The molecule has 26 heavy (non-hydrogen) atoms. The number of halogens is 2. The summed E-state index contributed by atoms with van der Waals surface area (Å²) in [6, 6.07) is 12.0. The monoisotopic (exact) mass is 369 g/mol. The van der Waals surface area contributed by atoms with Crippen LogP contribution >= 0.6 is 11.3 Å². The molecular formula is C19H13F2N3OS. The Bertz CT molecular complexity index is 1090. The number of nitrogens with zero attached hydrogens (tertiary/aromatic N) is 1. The molecule has 0 saturated heterocycles. The van der Waals surface area contributed by atoms with Crippen LogP contribution in [0.3, 0.4) is 0 Å². The van der Waals surface area contributed by atoms with Gasteiger partial charge in [0, 0.05) is 29.5 Å². The van der Waals surface area contributed by atoms with E-state index in [1.165, 1.54) is 17.5 Å². The molecule has 0 fully saturated rings. The Morgan fingerprint density at radius 3 is 2.73 bits per heavy atom. The van der Waals surface area contributed by atoms with Gasteiger partial charge < -0.3 is 10.3 Å². The summed E-state index contributed by atoms with van der Waals surface area (Å²) in [6.07, 6.45) is 2.15. The molecule has 130 valence electrons. The minimum atomic E-state index is -0.966. The summed E-state index contributed by atoms with van der Waals surface area (Å²) >= 11 is 1.40. The second-order valence-corrected chi connectivity index (χ2v) is 6.70. The smallest absolute Gasteiger partial charge is 0.275 e. The highest BCUT2D eigenvalue weighted by atomic mass is 32.1. The molecule has 4 nitrogen and oxygen atoms in total. The maximum atomic E-state index is 13.5. The van der Waals surface area contributed by atoms with E-state index in [9.17, 15) is 13.6 Å². The zero-order valence-corrected chi connectivity index (χ0v) is 14.2. The van der Waals surface area contributed by atoms with Crippen molar-refractivity contribution in [1.29, 1.82) is 0 Å². The third-order valence-electron chi connectivity index (χ3n) is 3.95. The van der Waals surface area contributed by atoms with E-state index < -0.39 is 17.5 Å². The summed E-state index contributed by atoms with van der Waals surface area (Å²) in [4.78, 5) is 19.6. The number of thiazole rings is 1. The van der Waals surface area contributed by atoms with Gasteiger partial charge in [0.05, 0.1) is 16.2 Å². The second kappa shape index (κ2) is 6.68. The molecule has 2 N–H and O–H groups in total. The first-order valence-corrected chi connectivity index (χ1v) is 8.74. The van der Waals surface area contributed by atoms with Crippen LogP contribution in [0, 0.1) is 11.6 Å². The fourth-order valence-electron chi connectivity index (χ4n) is 2.67. The zero-order valence-electron chi connectivity index (χ0n) is 13.4. The number of carbonyl (C=O) groups excluding carboxylic acids is 1. The number of H-pyrrole nitrogens is 1. The van der Waals surface area contributed by atoms with Crippen molar-refractivity contribution < 1.29 is 13.6 Å². The molecule has 0 aliphatic heterocycles. The molecular weight excluding hydrogens is 356 g/mol. The molecule has 7 heteroatoms. The van der Waals surface area contributed by atoms with Crippen LogP contribution in [0.4, 0.5) is 14.5 Å². The number of carbonyl (C=O) groups is 1. The van der Waals surface area contributed by atoms with Crippen molar-refractivity contribution in [1.82, 2.24) is 9.97 Å². The molecule has 4 rings (SSSR count). The Balaban J connectivity index is 1.53. The van der Waals surface area contributed by atoms with Gasteiger partial charge in [0.2, 0.25) is 0 Å². The molecule has 4 aromatic rings. The van der Waals surface area contributed by atoms with E-state index in [0.29, 0.717) is 23.0 Å². The lowest BCUT2D eigenvalue weighted by molar-refractivity contribution is 0.102. The van der Waals surface area contributed by atoms with Crippen LogP contribution in [0.5, 0.6) is 0 Å². The third-order valence-corrected chi connectivity index (χ3v) is 4.80. The van der Waals surface area contributed by atoms with Gasteiger partial charge >= 0.3 is 0 Å². The number of aromatic amines is 1. The molecule has 0 atom stereocenters. The standard InChI is InChI=1S/C19H13F2N3OS/c20-13-7-12-15(8-14(13)21)22-9-16(12)24-19(25)17-10-26-18(23-17)6-11-4-2-1-3-5-11/h1-5,7-10,22H,6H2,(H,24,25). The first kappa shape index (κ1) is 16.4. The van der Waals surface area contributed by atoms with Crippen LogP contribution in [-0.2, 0) is 6.42 Å². The van der Waals surface area contributed by atoms with Crippen molar-refractivity contribution in [3.63, 3.8) is 0 Å². The van der Waals surface area contributed by atoms with Crippen LogP contribution in [0.25, 0.3) is 10.9 Å². The van der Waals surface area contributed by atoms with E-state index in [2.05, 4.69) is 15.3 Å². The minimum Gasteiger partial charge on any atom is -0.359 e. The van der Waals surface area contributed by atoms with Gasteiger partial charge in [0.1, 0.15) is 5.69 Å². The maximum absolute atomic E-state index is 13.5. The predicted molar refractivity (Wildman–Crippen MR) is 97.5 cm³/mol. The molecule has 0 radical (unpaired) electrons. The van der Waals surface area contributed by atoms with Gasteiger partial charge in [-0.05, 0) is 11.6 Å². The van der Waals surface area contributed by atoms with Gasteiger partial charge in [-0.2, -0.15) is 0 Å². The number of anilines is 1. The molecule has 1 amide bonds. The SMILES string of the molecule is O=C(Nc1c[nH]c2cc(F)c(F)cc12)c1csc(Cc2ccccc2)n1. The first-order chi connectivity index (χ1) is 12.6. The van der Waals surface area contributed by atoms with Crippen molar-refractivity contribution in [2.75, 3.05) is 5.32 Å². The summed E-state index contributed by atoms with van der Waals surface area (Å²) in [5, 5.41) is 5.60. The van der Waals surface area contributed by atoms with Crippen LogP contribution < -0.4 is 5.32 Å². The summed E-state index contributed by atoms with van der Waals surface area (Å²) in [7, 11) is 0. The fraction of sp³-hybridized carbons (Fsp3) is 0.0526. The van der Waals surface area contributed by atoms with E-state index in [0.717, 1.165) is 22.7 Å². The van der Waals surface area contributed by atoms with Gasteiger partial charge in [-0.1, -0.05) is 30.3 Å². The topological polar surface area (TPSA) is 57.8 Å². The average molecular weight is 369 g/mol. The quantitative estimate of drug-likeness (QED) is 0.546. The zero-order chi connectivity index (χ0) is 18.1. The number of amides is 1. The second-order valence-electron chi connectivity index (χ2n) is 5.76. The highest BCUT2D eigenvalue weighted by Gasteiger charge is 2.15. The number of hydrogen-bond donors (Lipinski definition) is 2. The predicted octanol–water partition coefficient (Wildman–Crippen LogP) is 4.75. The summed E-state index contributed by atoms with van der Waals surface area (Å²) < 4.78 is 26.7. The van der Waals surface area contributed by atoms with Gasteiger partial charge in [-0.3, -0.25) is 4.79 Å². The van der Waals surface area contributed by atoms with Gasteiger partial charge in [0.15, 0.2) is 11.6 Å². The van der Waals surface area contributed by atoms with Gasteiger partial charge in [-0.25, -0.2) is 13.8 Å². The largest absolute Gasteiger partial charge is 0.359 e. The molecule has 0 bridgehead atoms. The summed E-state index contributed by atoms with van der Waals surface area (Å²) in [5.74, 6) is -2.31. The van der Waals surface area contributed by atoms with E-state index >= 15 is 0 Å². The Labute approximate surface area is 151 Å². The van der Waals surface area contributed by atoms with Crippen LogP contribution in [0.1, 0.15) is 21.1 Å². The van der Waals surface area contributed by atoms with E-state index in [1.54, 1.807) is 5.38 Å². The molecule has 0 aliphatic carbocycles. The Morgan fingerprint density at radius 2 is 1.92 bits per heavy atom. The van der Waals surface area contributed by atoms with Gasteiger partial charge in [0.25, 0.3) is 5.91 Å². The van der Waals surface area contributed by atoms with Crippen molar-refractivity contribution in [2.45, 2.75) is 6.42 Å². The number of aromatic nitrogens is 2. The molecule has 0 spiro atoms. The number of benzene rings is 2. The molecule has 2 aromatic heterocycles. The molecule has 0 unspecified atom stereocenters. The molecule has 0 aliphatic rings. The Kier molecular flexibility index (Phi) is 4.22. The van der Waals surface area contributed by atoms with Crippen LogP contribution in [-0.4, -0.2) is 15.9 Å². The number of rotatable bonds is 4. The summed E-state index contributed by atoms with van der Waals surface area (Å²) in [5.41, 5.74) is 2.18. The van der Waals surface area contributed by atoms with E-state index in [4.69, 9.17) is 0 Å². The lowest BCUT2D eigenvalue weighted by Crippen LogP contribution is -2.12. The van der Waals surface area contributed by atoms with Gasteiger partial charge in [-0.15, -0.1) is 11.3 Å². The summed E-state index contributed by atoms with van der Waals surface area (Å²) in [6.45, 7) is 0. The third kappa shape index (κ3) is 3.21. The first-order valence-electron chi connectivity index (χ1n) is 7.86. The van der Waals surface area contributed by atoms with Crippen LogP contribution in [0.15, 0.2) is 54.0 Å². The fourth-order valence-corrected chi connectivity index (χ4v) is 3.48. The highest BCUT2D eigenvalue weighted by molar-refractivity contribution is 7.09. The lowest BCUT2D eigenvalue weighted by Gasteiger charge is -2.02. The number of fused-ring (bicyclic) bond motifs is 1.